The van der Waals surface area contributed by atoms with Crippen LogP contribution in [0.2, 0.25) is 0 Å². The lowest BCUT2D eigenvalue weighted by molar-refractivity contribution is 0.320. The average Bonchev–Trinajstić information content (AvgIpc) is 2.71. The van der Waals surface area contributed by atoms with Crippen LogP contribution in [-0.2, 0) is 10.0 Å². The summed E-state index contributed by atoms with van der Waals surface area (Å²) in [4.78, 5) is 0.286. The Morgan fingerprint density at radius 1 is 1.30 bits per heavy atom. The first kappa shape index (κ1) is 13.6. The summed E-state index contributed by atoms with van der Waals surface area (Å²) >= 11 is 0. The number of para-hydroxylation sites is 1. The largest absolute Gasteiger partial charge is 0.492 e. The molecule has 1 aromatic rings. The molecular weight excluding hydrogens is 274 g/mol. The zero-order chi connectivity index (χ0) is 14.2. The number of hydrogen-bond acceptors (Lipinski definition) is 3. The van der Waals surface area contributed by atoms with Crippen molar-refractivity contribution >= 4 is 10.0 Å². The molecule has 2 atom stereocenters. The molecule has 2 unspecified atom stereocenters. The molecule has 20 heavy (non-hydrogen) atoms. The number of benzene rings is 1. The fourth-order valence-corrected chi connectivity index (χ4v) is 5.09. The molecule has 2 aliphatic rings. The van der Waals surface area contributed by atoms with Crippen LogP contribution in [0.5, 0.6) is 5.75 Å². The Morgan fingerprint density at radius 2 is 2.10 bits per heavy atom. The minimum atomic E-state index is -3.49. The van der Waals surface area contributed by atoms with Gasteiger partial charge in [0.05, 0.1) is 6.61 Å². The van der Waals surface area contributed by atoms with E-state index in [-0.39, 0.29) is 17.0 Å². The van der Waals surface area contributed by atoms with Gasteiger partial charge in [0, 0.05) is 12.1 Å². The summed E-state index contributed by atoms with van der Waals surface area (Å²) in [6.45, 7) is 2.32. The van der Waals surface area contributed by atoms with Crippen LogP contribution in [0.1, 0.15) is 26.2 Å². The summed E-state index contributed by atoms with van der Waals surface area (Å²) in [5.41, 5.74) is 0. The van der Waals surface area contributed by atoms with E-state index in [4.69, 9.17) is 4.74 Å². The third-order valence-electron chi connectivity index (χ3n) is 3.95. The lowest BCUT2D eigenvalue weighted by atomic mass is 10.2. The summed E-state index contributed by atoms with van der Waals surface area (Å²) < 4.78 is 33.1. The van der Waals surface area contributed by atoms with E-state index >= 15 is 0 Å². The molecule has 0 saturated carbocycles. The molecule has 2 aliphatic heterocycles. The molecule has 1 fully saturated rings. The van der Waals surface area contributed by atoms with Gasteiger partial charge in [-0.15, -0.1) is 0 Å². The van der Waals surface area contributed by atoms with Gasteiger partial charge in [-0.25, -0.2) is 8.42 Å². The third-order valence-corrected chi connectivity index (χ3v) is 5.97. The highest BCUT2D eigenvalue weighted by molar-refractivity contribution is 7.89. The number of nitrogens with zero attached hydrogens (tertiary/aromatic N) is 1. The Balaban J connectivity index is 2.03. The van der Waals surface area contributed by atoms with E-state index in [1.54, 1.807) is 28.6 Å². The number of sulfonamides is 1. The quantitative estimate of drug-likeness (QED) is 0.802. The zero-order valence-corrected chi connectivity index (χ0v) is 12.3. The molecule has 0 amide bonds. The Morgan fingerprint density at radius 3 is 2.85 bits per heavy atom. The summed E-state index contributed by atoms with van der Waals surface area (Å²) in [6, 6.07) is 7.01. The van der Waals surface area contributed by atoms with E-state index in [1.807, 2.05) is 13.0 Å². The minimum absolute atomic E-state index is 0.00781. The summed E-state index contributed by atoms with van der Waals surface area (Å²) in [6.07, 6.45) is 6.78. The van der Waals surface area contributed by atoms with Gasteiger partial charge in [0.2, 0.25) is 10.0 Å². The van der Waals surface area contributed by atoms with Crippen molar-refractivity contribution < 1.29 is 13.2 Å². The SMILES string of the molecule is CCOc1ccccc1S(=O)(=O)N1C2C=CCC1CC2. The van der Waals surface area contributed by atoms with Crippen molar-refractivity contribution in [3.05, 3.63) is 36.4 Å². The topological polar surface area (TPSA) is 46.6 Å². The van der Waals surface area contributed by atoms with Gasteiger partial charge >= 0.3 is 0 Å². The smallest absolute Gasteiger partial charge is 0.247 e. The van der Waals surface area contributed by atoms with E-state index in [0.29, 0.717) is 12.4 Å². The molecular formula is C15H19NO3S. The molecule has 2 heterocycles. The van der Waals surface area contributed by atoms with Gasteiger partial charge in [-0.2, -0.15) is 4.31 Å². The molecule has 0 spiro atoms. The van der Waals surface area contributed by atoms with Crippen molar-refractivity contribution in [2.45, 2.75) is 43.2 Å². The van der Waals surface area contributed by atoms with Crippen molar-refractivity contribution in [1.82, 2.24) is 4.31 Å². The van der Waals surface area contributed by atoms with Gasteiger partial charge in [-0.05, 0) is 38.3 Å². The molecule has 0 aromatic heterocycles. The normalized spacial score (nSPS) is 25.9. The predicted octanol–water partition coefficient (Wildman–Crippen LogP) is 2.57. The van der Waals surface area contributed by atoms with Crippen LogP contribution in [0, 0.1) is 0 Å². The molecule has 0 N–H and O–H groups in total. The van der Waals surface area contributed by atoms with E-state index < -0.39 is 10.0 Å². The molecule has 0 radical (unpaired) electrons. The third kappa shape index (κ3) is 2.15. The van der Waals surface area contributed by atoms with Crippen LogP contribution >= 0.6 is 0 Å². The van der Waals surface area contributed by atoms with Gasteiger partial charge in [-0.1, -0.05) is 24.3 Å². The van der Waals surface area contributed by atoms with Crippen LogP contribution in [0.3, 0.4) is 0 Å². The standard InChI is InChI=1S/C15H19NO3S/c1-2-19-14-8-3-4-9-15(14)20(17,18)16-12-6-5-7-13(16)11-10-12/h3-6,8-9,12-13H,2,7,10-11H2,1H3. The minimum Gasteiger partial charge on any atom is -0.492 e. The highest BCUT2D eigenvalue weighted by Gasteiger charge is 2.43. The maximum Gasteiger partial charge on any atom is 0.247 e. The lowest BCUT2D eigenvalue weighted by Gasteiger charge is -2.30. The Kier molecular flexibility index (Phi) is 3.56. The van der Waals surface area contributed by atoms with Crippen molar-refractivity contribution in [2.75, 3.05) is 6.61 Å². The maximum absolute atomic E-state index is 13.0. The van der Waals surface area contributed by atoms with Crippen molar-refractivity contribution in [3.63, 3.8) is 0 Å². The van der Waals surface area contributed by atoms with E-state index in [0.717, 1.165) is 19.3 Å². The van der Waals surface area contributed by atoms with Gasteiger partial charge < -0.3 is 4.74 Å². The van der Waals surface area contributed by atoms with Crippen LogP contribution in [-0.4, -0.2) is 31.4 Å². The molecule has 1 aromatic carbocycles. The van der Waals surface area contributed by atoms with Crippen molar-refractivity contribution in [1.29, 1.82) is 0 Å². The number of hydrogen-bond donors (Lipinski definition) is 0. The Labute approximate surface area is 120 Å². The first-order valence-corrected chi connectivity index (χ1v) is 8.50. The predicted molar refractivity (Wildman–Crippen MR) is 77.2 cm³/mol. The monoisotopic (exact) mass is 293 g/mol. The lowest BCUT2D eigenvalue weighted by Crippen LogP contribution is -2.42. The number of fused-ring (bicyclic) bond motifs is 2. The molecule has 2 bridgehead atoms. The first-order chi connectivity index (χ1) is 9.64. The maximum atomic E-state index is 13.0. The Hall–Kier alpha value is -1.33. The molecule has 108 valence electrons. The second-order valence-corrected chi connectivity index (χ2v) is 6.99. The molecule has 3 rings (SSSR count). The highest BCUT2D eigenvalue weighted by atomic mass is 32.2. The van der Waals surface area contributed by atoms with E-state index in [9.17, 15) is 8.42 Å². The second kappa shape index (κ2) is 5.22. The first-order valence-electron chi connectivity index (χ1n) is 7.06. The van der Waals surface area contributed by atoms with Crippen LogP contribution < -0.4 is 4.74 Å². The summed E-state index contributed by atoms with van der Waals surface area (Å²) in [5, 5.41) is 0. The fraction of sp³-hybridized carbons (Fsp3) is 0.467. The van der Waals surface area contributed by atoms with Crippen LogP contribution in [0.15, 0.2) is 41.3 Å². The fourth-order valence-electron chi connectivity index (χ4n) is 3.11. The zero-order valence-electron chi connectivity index (χ0n) is 11.5. The molecule has 0 aliphatic carbocycles. The Bertz CT molecular complexity index is 624. The second-order valence-electron chi connectivity index (χ2n) is 5.18. The highest BCUT2D eigenvalue weighted by Crippen LogP contribution is 2.38. The van der Waals surface area contributed by atoms with Crippen LogP contribution in [0.4, 0.5) is 0 Å². The van der Waals surface area contributed by atoms with Gasteiger partial charge in [0.15, 0.2) is 0 Å². The summed E-state index contributed by atoms with van der Waals surface area (Å²) in [7, 11) is -3.49. The molecule has 4 nitrogen and oxygen atoms in total. The van der Waals surface area contributed by atoms with E-state index in [1.165, 1.54) is 0 Å². The van der Waals surface area contributed by atoms with Gasteiger partial charge in [0.25, 0.3) is 0 Å². The number of ether oxygens (including phenoxy) is 1. The van der Waals surface area contributed by atoms with Crippen molar-refractivity contribution in [2.24, 2.45) is 0 Å². The van der Waals surface area contributed by atoms with Crippen LogP contribution in [0.25, 0.3) is 0 Å². The van der Waals surface area contributed by atoms with Crippen molar-refractivity contribution in [3.8, 4) is 5.75 Å². The summed E-state index contributed by atoms with van der Waals surface area (Å²) in [5.74, 6) is 0.448. The van der Waals surface area contributed by atoms with Gasteiger partial charge in [0.1, 0.15) is 10.6 Å². The van der Waals surface area contributed by atoms with Gasteiger partial charge in [-0.3, -0.25) is 0 Å². The molecule has 1 saturated heterocycles. The van der Waals surface area contributed by atoms with E-state index in [2.05, 4.69) is 6.08 Å². The molecule has 5 heteroatoms. The number of rotatable bonds is 4. The average molecular weight is 293 g/mol.